The summed E-state index contributed by atoms with van der Waals surface area (Å²) in [5.41, 5.74) is 2.44. The Morgan fingerprint density at radius 1 is 1.23 bits per heavy atom. The van der Waals surface area contributed by atoms with Crippen LogP contribution in [0.15, 0.2) is 40.2 Å². The van der Waals surface area contributed by atoms with Crippen LogP contribution in [0.3, 0.4) is 0 Å². The first kappa shape index (κ1) is 22.0. The molecule has 3 rings (SSSR count). The molecule has 0 unspecified atom stereocenters. The first-order chi connectivity index (χ1) is 14.1. The molecule has 1 aromatic carbocycles. The molecule has 0 radical (unpaired) electrons. The van der Waals surface area contributed by atoms with Crippen LogP contribution in [0.5, 0.6) is 0 Å². The Bertz CT molecular complexity index is 1140. The van der Waals surface area contributed by atoms with Gasteiger partial charge in [-0.3, -0.25) is 9.10 Å². The first-order valence-electron chi connectivity index (χ1n) is 9.26. The maximum Gasteiger partial charge on any atom is 0.246 e. The molecule has 0 spiro atoms. The highest BCUT2D eigenvalue weighted by Crippen LogP contribution is 2.25. The molecular formula is C20H24N4O4S2. The smallest absolute Gasteiger partial charge is 0.246 e. The van der Waals surface area contributed by atoms with Gasteiger partial charge < -0.3 is 9.42 Å². The van der Waals surface area contributed by atoms with E-state index in [1.54, 1.807) is 26.1 Å². The largest absolute Gasteiger partial charge is 0.337 e. The number of hydrogen-bond acceptors (Lipinski definition) is 7. The Kier molecular flexibility index (Phi) is 6.27. The number of aromatic nitrogens is 2. The summed E-state index contributed by atoms with van der Waals surface area (Å²) >= 11 is 1.49. The van der Waals surface area contributed by atoms with Gasteiger partial charge in [0.15, 0.2) is 0 Å². The van der Waals surface area contributed by atoms with Gasteiger partial charge in [-0.2, -0.15) is 4.98 Å². The predicted octanol–water partition coefficient (Wildman–Crippen LogP) is 3.23. The Labute approximate surface area is 180 Å². The van der Waals surface area contributed by atoms with E-state index in [1.807, 2.05) is 37.4 Å². The van der Waals surface area contributed by atoms with Gasteiger partial charge in [0.25, 0.3) is 0 Å². The summed E-state index contributed by atoms with van der Waals surface area (Å²) in [6.07, 6.45) is 1.09. The molecule has 10 heteroatoms. The quantitative estimate of drug-likeness (QED) is 0.551. The van der Waals surface area contributed by atoms with Crippen LogP contribution in [0.2, 0.25) is 0 Å². The molecule has 2 aromatic heterocycles. The van der Waals surface area contributed by atoms with Gasteiger partial charge in [-0.05, 0) is 55.5 Å². The summed E-state index contributed by atoms with van der Waals surface area (Å²) < 4.78 is 31.4. The molecule has 0 saturated carbocycles. The van der Waals surface area contributed by atoms with Crippen molar-refractivity contribution < 1.29 is 17.7 Å². The van der Waals surface area contributed by atoms with Crippen molar-refractivity contribution in [1.29, 1.82) is 0 Å². The normalized spacial score (nSPS) is 12.6. The predicted molar refractivity (Wildman–Crippen MR) is 117 cm³/mol. The third kappa shape index (κ3) is 4.71. The number of thiophene rings is 1. The van der Waals surface area contributed by atoms with Crippen molar-refractivity contribution >= 4 is 33.0 Å². The fourth-order valence-corrected chi connectivity index (χ4v) is 4.90. The highest BCUT2D eigenvalue weighted by atomic mass is 32.2. The molecule has 0 aliphatic carbocycles. The molecule has 2 heterocycles. The number of aryl methyl sites for hydroxylation is 2. The maximum absolute atomic E-state index is 13.0. The van der Waals surface area contributed by atoms with E-state index in [4.69, 9.17) is 4.52 Å². The van der Waals surface area contributed by atoms with Gasteiger partial charge in [-0.25, -0.2) is 8.42 Å². The van der Waals surface area contributed by atoms with Gasteiger partial charge in [0.2, 0.25) is 27.6 Å². The van der Waals surface area contributed by atoms with E-state index in [0.717, 1.165) is 26.6 Å². The minimum absolute atomic E-state index is 0.0755. The van der Waals surface area contributed by atoms with Crippen LogP contribution in [-0.4, -0.2) is 48.7 Å². The SMILES string of the molecule is Cc1ccc(N([C@H](C)C(=O)N(C)Cc2nc(-c3cccs3)no2)S(C)(=O)=O)cc1C. The zero-order valence-corrected chi connectivity index (χ0v) is 19.1. The van der Waals surface area contributed by atoms with E-state index in [0.29, 0.717) is 11.5 Å². The number of nitrogens with zero attached hydrogens (tertiary/aromatic N) is 4. The lowest BCUT2D eigenvalue weighted by Crippen LogP contribution is -2.48. The Hall–Kier alpha value is -2.72. The fraction of sp³-hybridized carbons (Fsp3) is 0.350. The highest BCUT2D eigenvalue weighted by molar-refractivity contribution is 7.92. The van der Waals surface area contributed by atoms with Crippen LogP contribution < -0.4 is 4.31 Å². The van der Waals surface area contributed by atoms with E-state index in [9.17, 15) is 13.2 Å². The summed E-state index contributed by atoms with van der Waals surface area (Å²) in [5.74, 6) is 0.356. The van der Waals surface area contributed by atoms with Gasteiger partial charge in [0, 0.05) is 7.05 Å². The van der Waals surface area contributed by atoms with Crippen molar-refractivity contribution in [3.05, 3.63) is 52.7 Å². The topological polar surface area (TPSA) is 96.6 Å². The van der Waals surface area contributed by atoms with Crippen LogP contribution in [0.1, 0.15) is 23.9 Å². The van der Waals surface area contributed by atoms with Crippen molar-refractivity contribution in [2.24, 2.45) is 0 Å². The molecule has 3 aromatic rings. The molecule has 1 atom stereocenters. The Morgan fingerprint density at radius 3 is 2.57 bits per heavy atom. The fourth-order valence-electron chi connectivity index (χ4n) is 3.09. The van der Waals surface area contributed by atoms with Crippen molar-refractivity contribution in [2.75, 3.05) is 17.6 Å². The molecule has 30 heavy (non-hydrogen) atoms. The van der Waals surface area contributed by atoms with Gasteiger partial charge in [-0.1, -0.05) is 17.3 Å². The van der Waals surface area contributed by atoms with Crippen LogP contribution in [-0.2, 0) is 21.4 Å². The monoisotopic (exact) mass is 448 g/mol. The zero-order chi connectivity index (χ0) is 22.1. The third-order valence-corrected chi connectivity index (χ3v) is 6.88. The van der Waals surface area contributed by atoms with Gasteiger partial charge in [0.1, 0.15) is 6.04 Å². The van der Waals surface area contributed by atoms with E-state index in [-0.39, 0.29) is 18.3 Å². The molecular weight excluding hydrogens is 424 g/mol. The van der Waals surface area contributed by atoms with Gasteiger partial charge in [-0.15, -0.1) is 11.3 Å². The highest BCUT2D eigenvalue weighted by Gasteiger charge is 2.31. The van der Waals surface area contributed by atoms with Crippen LogP contribution >= 0.6 is 11.3 Å². The second kappa shape index (κ2) is 8.57. The minimum atomic E-state index is -3.69. The lowest BCUT2D eigenvalue weighted by Gasteiger charge is -2.31. The average molecular weight is 449 g/mol. The third-order valence-electron chi connectivity index (χ3n) is 4.77. The molecule has 0 N–H and O–H groups in total. The van der Waals surface area contributed by atoms with E-state index in [2.05, 4.69) is 10.1 Å². The second-order valence-electron chi connectivity index (χ2n) is 7.19. The molecule has 160 valence electrons. The number of carbonyl (C=O) groups excluding carboxylic acids is 1. The Morgan fingerprint density at radius 2 is 1.97 bits per heavy atom. The minimum Gasteiger partial charge on any atom is -0.337 e. The Balaban J connectivity index is 1.80. The number of anilines is 1. The summed E-state index contributed by atoms with van der Waals surface area (Å²) in [6, 6.07) is 8.15. The van der Waals surface area contributed by atoms with Crippen LogP contribution in [0.4, 0.5) is 5.69 Å². The van der Waals surface area contributed by atoms with Gasteiger partial charge in [0.05, 0.1) is 23.4 Å². The number of carbonyl (C=O) groups is 1. The first-order valence-corrected chi connectivity index (χ1v) is 12.0. The molecule has 8 nitrogen and oxygen atoms in total. The summed E-state index contributed by atoms with van der Waals surface area (Å²) in [4.78, 5) is 19.6. The zero-order valence-electron chi connectivity index (χ0n) is 17.5. The van der Waals surface area contributed by atoms with Crippen molar-refractivity contribution in [2.45, 2.75) is 33.4 Å². The number of rotatable bonds is 7. The van der Waals surface area contributed by atoms with Crippen LogP contribution in [0.25, 0.3) is 10.7 Å². The maximum atomic E-state index is 13.0. The van der Waals surface area contributed by atoms with Crippen LogP contribution in [0, 0.1) is 13.8 Å². The van der Waals surface area contributed by atoms with Crippen molar-refractivity contribution in [3.8, 4) is 10.7 Å². The average Bonchev–Trinajstić information content (AvgIpc) is 3.34. The summed E-state index contributed by atoms with van der Waals surface area (Å²) in [7, 11) is -2.11. The van der Waals surface area contributed by atoms with Crippen molar-refractivity contribution in [3.63, 3.8) is 0 Å². The second-order valence-corrected chi connectivity index (χ2v) is 9.99. The molecule has 0 aliphatic rings. The number of sulfonamides is 1. The molecule has 0 saturated heterocycles. The molecule has 0 bridgehead atoms. The lowest BCUT2D eigenvalue weighted by atomic mass is 10.1. The van der Waals surface area contributed by atoms with Gasteiger partial charge >= 0.3 is 0 Å². The van der Waals surface area contributed by atoms with E-state index >= 15 is 0 Å². The molecule has 1 amide bonds. The number of amides is 1. The summed E-state index contributed by atoms with van der Waals surface area (Å²) in [6.45, 7) is 5.49. The molecule has 0 aliphatic heterocycles. The van der Waals surface area contributed by atoms with E-state index < -0.39 is 16.1 Å². The van der Waals surface area contributed by atoms with E-state index in [1.165, 1.54) is 16.2 Å². The number of likely N-dealkylation sites (N-methyl/N-ethyl adjacent to an activating group) is 1. The standard InChI is InChI=1S/C20H24N4O4S2/c1-13-8-9-16(11-14(13)2)24(30(5,26)27)15(3)20(25)23(4)12-18-21-19(22-28-18)17-7-6-10-29-17/h6-11,15H,12H2,1-5H3/t15-/m1/s1. The lowest BCUT2D eigenvalue weighted by molar-refractivity contribution is -0.131. The summed E-state index contributed by atoms with van der Waals surface area (Å²) in [5, 5.41) is 5.85. The number of benzene rings is 1. The molecule has 0 fully saturated rings. The number of hydrogen-bond donors (Lipinski definition) is 0. The van der Waals surface area contributed by atoms with Crippen molar-refractivity contribution in [1.82, 2.24) is 15.0 Å².